The Morgan fingerprint density at radius 2 is 1.67 bits per heavy atom. The van der Waals surface area contributed by atoms with Crippen molar-refractivity contribution in [3.63, 3.8) is 0 Å². The molecule has 2 aromatic carbocycles. The number of ether oxygens (including phenoxy) is 1. The Bertz CT molecular complexity index is 640. The number of benzene rings is 2. The molecule has 6 heteroatoms. The molecule has 0 unspecified atom stereocenters. The van der Waals surface area contributed by atoms with Crippen LogP contribution in [0, 0.1) is 0 Å². The number of aromatic hydroxyl groups is 1. The van der Waals surface area contributed by atoms with E-state index in [1.54, 1.807) is 36.4 Å². The second kappa shape index (κ2) is 7.83. The fourth-order valence-electron chi connectivity index (χ4n) is 1.62. The normalized spacial score (nSPS) is 9.38. The quantitative estimate of drug-likeness (QED) is 0.515. The Morgan fingerprint density at radius 1 is 1.05 bits per heavy atom. The Labute approximate surface area is 144 Å². The van der Waals surface area contributed by atoms with Crippen LogP contribution >= 0.6 is 0 Å². The second-order valence-corrected chi connectivity index (χ2v) is 4.11. The fraction of sp³-hybridized carbons (Fsp3) is 0.0667. The van der Waals surface area contributed by atoms with Crippen LogP contribution in [0.2, 0.25) is 0 Å². The molecule has 0 atom stereocenters. The molecular formula is C15H14NNaO4. The van der Waals surface area contributed by atoms with Crippen molar-refractivity contribution in [1.82, 2.24) is 0 Å². The van der Waals surface area contributed by atoms with Gasteiger partial charge in [-0.3, -0.25) is 4.79 Å². The monoisotopic (exact) mass is 295 g/mol. The Hall–Kier alpha value is -1.82. The zero-order valence-electron chi connectivity index (χ0n) is 10.8. The van der Waals surface area contributed by atoms with Crippen LogP contribution in [0.3, 0.4) is 0 Å². The Kier molecular flexibility index (Phi) is 6.42. The fourth-order valence-corrected chi connectivity index (χ4v) is 1.62. The Balaban J connectivity index is 0.00000220. The maximum absolute atomic E-state index is 11.8. The van der Waals surface area contributed by atoms with Crippen molar-refractivity contribution in [1.29, 1.82) is 0 Å². The van der Waals surface area contributed by atoms with Crippen LogP contribution in [0.4, 0.5) is 5.69 Å². The summed E-state index contributed by atoms with van der Waals surface area (Å²) in [6, 6.07) is 12.5. The van der Waals surface area contributed by atoms with E-state index in [1.807, 2.05) is 0 Å². The molecule has 0 bridgehead atoms. The van der Waals surface area contributed by atoms with E-state index in [-0.39, 0.29) is 46.8 Å². The van der Waals surface area contributed by atoms with Crippen LogP contribution < -0.4 is 10.1 Å². The number of anilines is 1. The minimum absolute atomic E-state index is 0. The van der Waals surface area contributed by atoms with Crippen molar-refractivity contribution in [2.24, 2.45) is 0 Å². The van der Waals surface area contributed by atoms with Gasteiger partial charge >= 0.3 is 35.5 Å². The van der Waals surface area contributed by atoms with E-state index in [1.165, 1.54) is 19.1 Å². The van der Waals surface area contributed by atoms with Gasteiger partial charge in [-0.15, -0.1) is 0 Å². The van der Waals surface area contributed by atoms with Crippen LogP contribution in [0.1, 0.15) is 17.3 Å². The summed E-state index contributed by atoms with van der Waals surface area (Å²) in [7, 11) is 0. The number of amides is 1. The van der Waals surface area contributed by atoms with E-state index < -0.39 is 5.97 Å². The van der Waals surface area contributed by atoms with Crippen LogP contribution in [-0.4, -0.2) is 46.5 Å². The standard InChI is InChI=1S/C15H13NO4.Na.H/c1-10(17)16-11-6-8-12(9-7-11)20-15(19)13-4-2-3-5-14(13)18;;/h2-9,18H,1H3,(H,16,17);;. The van der Waals surface area contributed by atoms with Crippen molar-refractivity contribution < 1.29 is 19.4 Å². The van der Waals surface area contributed by atoms with Crippen molar-refractivity contribution in [3.05, 3.63) is 54.1 Å². The summed E-state index contributed by atoms with van der Waals surface area (Å²) in [5.41, 5.74) is 0.707. The summed E-state index contributed by atoms with van der Waals surface area (Å²) >= 11 is 0. The van der Waals surface area contributed by atoms with Crippen LogP contribution in [0.15, 0.2) is 48.5 Å². The molecule has 0 aliphatic carbocycles. The first-order valence-electron chi connectivity index (χ1n) is 5.94. The van der Waals surface area contributed by atoms with Gasteiger partial charge in [-0.25, -0.2) is 4.79 Å². The number of hydrogen-bond acceptors (Lipinski definition) is 4. The van der Waals surface area contributed by atoms with Gasteiger partial charge in [-0.05, 0) is 36.4 Å². The van der Waals surface area contributed by atoms with Gasteiger partial charge in [0.25, 0.3) is 0 Å². The summed E-state index contributed by atoms with van der Waals surface area (Å²) in [6.07, 6.45) is 0. The van der Waals surface area contributed by atoms with Gasteiger partial charge in [-0.2, -0.15) is 0 Å². The first kappa shape index (κ1) is 17.2. The van der Waals surface area contributed by atoms with Crippen LogP contribution in [0.5, 0.6) is 11.5 Å². The summed E-state index contributed by atoms with van der Waals surface area (Å²) in [4.78, 5) is 22.7. The third-order valence-corrected chi connectivity index (χ3v) is 2.51. The number of carbonyl (C=O) groups is 2. The topological polar surface area (TPSA) is 75.6 Å². The van der Waals surface area contributed by atoms with Crippen molar-refractivity contribution >= 4 is 47.1 Å². The van der Waals surface area contributed by atoms with E-state index in [2.05, 4.69) is 5.32 Å². The van der Waals surface area contributed by atoms with Crippen LogP contribution in [-0.2, 0) is 4.79 Å². The zero-order chi connectivity index (χ0) is 14.5. The molecule has 2 aromatic rings. The number of esters is 1. The number of rotatable bonds is 3. The van der Waals surface area contributed by atoms with E-state index in [0.29, 0.717) is 11.4 Å². The Morgan fingerprint density at radius 3 is 2.24 bits per heavy atom. The molecule has 0 spiro atoms. The van der Waals surface area contributed by atoms with E-state index in [4.69, 9.17) is 4.74 Å². The third-order valence-electron chi connectivity index (χ3n) is 2.51. The van der Waals surface area contributed by atoms with Gasteiger partial charge < -0.3 is 15.2 Å². The molecule has 2 rings (SSSR count). The van der Waals surface area contributed by atoms with Gasteiger partial charge in [0, 0.05) is 12.6 Å². The molecule has 1 amide bonds. The SMILES string of the molecule is CC(=O)Nc1ccc(OC(=O)c2ccccc2O)cc1.[NaH]. The van der Waals surface area contributed by atoms with E-state index in [9.17, 15) is 14.7 Å². The molecule has 2 N–H and O–H groups in total. The molecular weight excluding hydrogens is 281 g/mol. The summed E-state index contributed by atoms with van der Waals surface area (Å²) < 4.78 is 5.13. The average Bonchev–Trinajstić information content (AvgIpc) is 2.41. The number of hydrogen-bond donors (Lipinski definition) is 2. The van der Waals surface area contributed by atoms with Crippen molar-refractivity contribution in [2.75, 3.05) is 5.32 Å². The predicted molar refractivity (Wildman–Crippen MR) is 81.0 cm³/mol. The number of para-hydroxylation sites is 1. The molecule has 21 heavy (non-hydrogen) atoms. The van der Waals surface area contributed by atoms with Gasteiger partial charge in [0.2, 0.25) is 5.91 Å². The van der Waals surface area contributed by atoms with Crippen molar-refractivity contribution in [2.45, 2.75) is 6.92 Å². The van der Waals surface area contributed by atoms with Gasteiger partial charge in [0.1, 0.15) is 17.1 Å². The van der Waals surface area contributed by atoms with Gasteiger partial charge in [-0.1, -0.05) is 12.1 Å². The molecule has 0 saturated carbocycles. The molecule has 0 fully saturated rings. The average molecular weight is 295 g/mol. The molecule has 0 heterocycles. The predicted octanol–water partition coefficient (Wildman–Crippen LogP) is 1.92. The number of phenols is 1. The first-order chi connectivity index (χ1) is 9.56. The molecule has 0 aliphatic heterocycles. The zero-order valence-corrected chi connectivity index (χ0v) is 10.8. The molecule has 0 aliphatic rings. The van der Waals surface area contributed by atoms with Gasteiger partial charge in [0.05, 0.1) is 0 Å². The third kappa shape index (κ3) is 4.90. The first-order valence-corrected chi connectivity index (χ1v) is 5.94. The second-order valence-electron chi connectivity index (χ2n) is 4.11. The molecule has 104 valence electrons. The molecule has 0 radical (unpaired) electrons. The van der Waals surface area contributed by atoms with Crippen LogP contribution in [0.25, 0.3) is 0 Å². The number of carbonyl (C=O) groups excluding carboxylic acids is 2. The maximum atomic E-state index is 11.8. The van der Waals surface area contributed by atoms with Gasteiger partial charge in [0.15, 0.2) is 0 Å². The summed E-state index contributed by atoms with van der Waals surface area (Å²) in [5, 5.41) is 12.2. The minimum atomic E-state index is -0.643. The molecule has 0 aromatic heterocycles. The van der Waals surface area contributed by atoms with E-state index in [0.717, 1.165) is 0 Å². The number of nitrogens with one attached hydrogen (secondary N) is 1. The molecule has 5 nitrogen and oxygen atoms in total. The number of phenolic OH excluding ortho intramolecular Hbond substituents is 1. The summed E-state index contributed by atoms with van der Waals surface area (Å²) in [5.74, 6) is -0.626. The summed E-state index contributed by atoms with van der Waals surface area (Å²) in [6.45, 7) is 1.41. The molecule has 0 saturated heterocycles. The van der Waals surface area contributed by atoms with Crippen molar-refractivity contribution in [3.8, 4) is 11.5 Å². The van der Waals surface area contributed by atoms with E-state index >= 15 is 0 Å².